The summed E-state index contributed by atoms with van der Waals surface area (Å²) in [6, 6.07) is 15.7. The standard InChI is InChI=1S/C19H21N3O2/c20-13-3-8-16(9-4-13)24-15-6-1-12(2-7-15)19(23)22-18-11-14-5-10-17(18)21-14/h1-4,6-9,14,17-18,21H,5,10-11,20H2,(H,22,23). The van der Waals surface area contributed by atoms with E-state index in [1.165, 1.54) is 6.42 Å². The number of benzene rings is 2. The van der Waals surface area contributed by atoms with Crippen molar-refractivity contribution in [2.24, 2.45) is 0 Å². The maximum atomic E-state index is 12.4. The van der Waals surface area contributed by atoms with Crippen molar-refractivity contribution in [1.82, 2.24) is 10.6 Å². The van der Waals surface area contributed by atoms with E-state index in [4.69, 9.17) is 10.5 Å². The molecule has 2 fully saturated rings. The average molecular weight is 323 g/mol. The first-order valence-electron chi connectivity index (χ1n) is 8.38. The molecule has 5 nitrogen and oxygen atoms in total. The van der Waals surface area contributed by atoms with Crippen LogP contribution in [0.3, 0.4) is 0 Å². The van der Waals surface area contributed by atoms with Gasteiger partial charge in [-0.05, 0) is 67.8 Å². The largest absolute Gasteiger partial charge is 0.457 e. The summed E-state index contributed by atoms with van der Waals surface area (Å²) in [6.07, 6.45) is 3.42. The number of rotatable bonds is 4. The van der Waals surface area contributed by atoms with Crippen LogP contribution in [0.1, 0.15) is 29.6 Å². The van der Waals surface area contributed by atoms with Crippen LogP contribution in [0.2, 0.25) is 0 Å². The Labute approximate surface area is 141 Å². The van der Waals surface area contributed by atoms with Crippen LogP contribution in [0.15, 0.2) is 48.5 Å². The molecular formula is C19H21N3O2. The van der Waals surface area contributed by atoms with Crippen LogP contribution in [0.5, 0.6) is 11.5 Å². The van der Waals surface area contributed by atoms with Gasteiger partial charge in [-0.3, -0.25) is 4.79 Å². The third kappa shape index (κ3) is 3.08. The molecule has 0 aliphatic carbocycles. The molecule has 3 unspecified atom stereocenters. The lowest BCUT2D eigenvalue weighted by Gasteiger charge is -2.21. The third-order valence-electron chi connectivity index (χ3n) is 4.85. The van der Waals surface area contributed by atoms with Crippen LogP contribution in [0, 0.1) is 0 Å². The van der Waals surface area contributed by atoms with Crippen molar-refractivity contribution in [3.05, 3.63) is 54.1 Å². The van der Waals surface area contributed by atoms with Crippen LogP contribution in [-0.2, 0) is 0 Å². The molecule has 2 aromatic carbocycles. The molecule has 0 spiro atoms. The third-order valence-corrected chi connectivity index (χ3v) is 4.85. The fourth-order valence-electron chi connectivity index (χ4n) is 3.58. The zero-order valence-corrected chi connectivity index (χ0v) is 13.4. The van der Waals surface area contributed by atoms with Crippen molar-refractivity contribution in [2.75, 3.05) is 5.73 Å². The molecular weight excluding hydrogens is 302 g/mol. The van der Waals surface area contributed by atoms with Gasteiger partial charge in [-0.15, -0.1) is 0 Å². The Kier molecular flexibility index (Phi) is 3.86. The van der Waals surface area contributed by atoms with E-state index in [0.717, 1.165) is 18.6 Å². The normalized spacial score (nSPS) is 24.8. The number of nitrogen functional groups attached to an aromatic ring is 1. The lowest BCUT2D eigenvalue weighted by Crippen LogP contribution is -2.42. The summed E-state index contributed by atoms with van der Waals surface area (Å²) in [5.41, 5.74) is 7.01. The van der Waals surface area contributed by atoms with Gasteiger partial charge in [0.05, 0.1) is 0 Å². The molecule has 24 heavy (non-hydrogen) atoms. The Morgan fingerprint density at radius 1 is 1.04 bits per heavy atom. The molecule has 0 saturated carbocycles. The number of hydrogen-bond acceptors (Lipinski definition) is 4. The number of hydrogen-bond donors (Lipinski definition) is 3. The second kappa shape index (κ2) is 6.17. The minimum atomic E-state index is -0.0200. The topological polar surface area (TPSA) is 76.4 Å². The molecule has 5 heteroatoms. The van der Waals surface area contributed by atoms with Crippen molar-refractivity contribution in [1.29, 1.82) is 0 Å². The van der Waals surface area contributed by atoms with E-state index in [-0.39, 0.29) is 11.9 Å². The van der Waals surface area contributed by atoms with Crippen molar-refractivity contribution in [2.45, 2.75) is 37.4 Å². The Hall–Kier alpha value is -2.53. The first kappa shape index (κ1) is 15.0. The van der Waals surface area contributed by atoms with Crippen LogP contribution in [0.25, 0.3) is 0 Å². The fourth-order valence-corrected chi connectivity index (χ4v) is 3.58. The van der Waals surface area contributed by atoms with Crippen molar-refractivity contribution in [3.63, 3.8) is 0 Å². The Morgan fingerprint density at radius 3 is 2.29 bits per heavy atom. The van der Waals surface area contributed by atoms with Gasteiger partial charge in [-0.2, -0.15) is 0 Å². The molecule has 2 aliphatic rings. The lowest BCUT2D eigenvalue weighted by atomic mass is 9.95. The molecule has 2 aromatic rings. The van der Waals surface area contributed by atoms with Gasteiger partial charge in [0.15, 0.2) is 0 Å². The van der Waals surface area contributed by atoms with E-state index in [2.05, 4.69) is 10.6 Å². The highest BCUT2D eigenvalue weighted by molar-refractivity contribution is 5.94. The van der Waals surface area contributed by atoms with E-state index in [9.17, 15) is 4.79 Å². The van der Waals surface area contributed by atoms with E-state index in [0.29, 0.717) is 29.1 Å². The second-order valence-electron chi connectivity index (χ2n) is 6.56. The second-order valence-corrected chi connectivity index (χ2v) is 6.56. The smallest absolute Gasteiger partial charge is 0.251 e. The van der Waals surface area contributed by atoms with E-state index >= 15 is 0 Å². The van der Waals surface area contributed by atoms with Crippen LogP contribution < -0.4 is 21.1 Å². The maximum absolute atomic E-state index is 12.4. The van der Waals surface area contributed by atoms with Gasteiger partial charge in [-0.1, -0.05) is 0 Å². The molecule has 4 rings (SSSR count). The van der Waals surface area contributed by atoms with Gasteiger partial charge in [0.2, 0.25) is 0 Å². The lowest BCUT2D eigenvalue weighted by molar-refractivity contribution is 0.0931. The molecule has 0 radical (unpaired) electrons. The highest BCUT2D eigenvalue weighted by Gasteiger charge is 2.39. The highest BCUT2D eigenvalue weighted by Crippen LogP contribution is 2.28. The molecule has 124 valence electrons. The van der Waals surface area contributed by atoms with Gasteiger partial charge in [0, 0.05) is 29.4 Å². The summed E-state index contributed by atoms with van der Waals surface area (Å²) in [6.45, 7) is 0. The zero-order chi connectivity index (χ0) is 16.5. The van der Waals surface area contributed by atoms with Crippen molar-refractivity contribution >= 4 is 11.6 Å². The summed E-state index contributed by atoms with van der Waals surface area (Å²) in [5, 5.41) is 6.68. The number of amides is 1. The predicted molar refractivity (Wildman–Crippen MR) is 93.2 cm³/mol. The summed E-state index contributed by atoms with van der Waals surface area (Å²) in [4.78, 5) is 12.4. The Bertz CT molecular complexity index is 727. The molecule has 2 heterocycles. The first-order chi connectivity index (χ1) is 11.7. The van der Waals surface area contributed by atoms with Crippen molar-refractivity contribution in [3.8, 4) is 11.5 Å². The number of fused-ring (bicyclic) bond motifs is 2. The first-order valence-corrected chi connectivity index (χ1v) is 8.38. The summed E-state index contributed by atoms with van der Waals surface area (Å²) in [7, 11) is 0. The number of nitrogens with two attached hydrogens (primary N) is 1. The number of ether oxygens (including phenoxy) is 1. The molecule has 2 saturated heterocycles. The Balaban J connectivity index is 1.38. The number of carbonyl (C=O) groups excluding carboxylic acids is 1. The molecule has 3 atom stereocenters. The predicted octanol–water partition coefficient (Wildman–Crippen LogP) is 2.68. The fraction of sp³-hybridized carbons (Fsp3) is 0.316. The zero-order valence-electron chi connectivity index (χ0n) is 13.4. The van der Waals surface area contributed by atoms with Gasteiger partial charge in [0.25, 0.3) is 5.91 Å². The van der Waals surface area contributed by atoms with Crippen molar-refractivity contribution < 1.29 is 9.53 Å². The number of nitrogens with one attached hydrogen (secondary N) is 2. The number of anilines is 1. The van der Waals surface area contributed by atoms with E-state index in [1.54, 1.807) is 24.3 Å². The monoisotopic (exact) mass is 323 g/mol. The summed E-state index contributed by atoms with van der Waals surface area (Å²) < 4.78 is 5.74. The van der Waals surface area contributed by atoms with E-state index in [1.807, 2.05) is 24.3 Å². The average Bonchev–Trinajstić information content (AvgIpc) is 3.20. The molecule has 1 amide bonds. The highest BCUT2D eigenvalue weighted by atomic mass is 16.5. The van der Waals surface area contributed by atoms with Crippen LogP contribution in [-0.4, -0.2) is 24.0 Å². The number of carbonyl (C=O) groups is 1. The SMILES string of the molecule is Nc1ccc(Oc2ccc(C(=O)NC3CC4CCC3N4)cc2)cc1. The molecule has 4 N–H and O–H groups in total. The minimum Gasteiger partial charge on any atom is -0.457 e. The van der Waals surface area contributed by atoms with Crippen LogP contribution >= 0.6 is 0 Å². The van der Waals surface area contributed by atoms with Gasteiger partial charge >= 0.3 is 0 Å². The quantitative estimate of drug-likeness (QED) is 0.756. The van der Waals surface area contributed by atoms with Gasteiger partial charge in [0.1, 0.15) is 11.5 Å². The molecule has 0 aromatic heterocycles. The van der Waals surface area contributed by atoms with Crippen LogP contribution in [0.4, 0.5) is 5.69 Å². The maximum Gasteiger partial charge on any atom is 0.251 e. The molecule has 2 aliphatic heterocycles. The Morgan fingerprint density at radius 2 is 1.71 bits per heavy atom. The molecule has 2 bridgehead atoms. The van der Waals surface area contributed by atoms with E-state index < -0.39 is 0 Å². The summed E-state index contributed by atoms with van der Waals surface area (Å²) in [5.74, 6) is 1.39. The van der Waals surface area contributed by atoms with Gasteiger partial charge < -0.3 is 21.1 Å². The summed E-state index contributed by atoms with van der Waals surface area (Å²) >= 11 is 0. The van der Waals surface area contributed by atoms with Gasteiger partial charge in [-0.25, -0.2) is 0 Å². The minimum absolute atomic E-state index is 0.0200.